The third-order valence-electron chi connectivity index (χ3n) is 2.39. The van der Waals surface area contributed by atoms with E-state index in [9.17, 15) is 9.59 Å². The molecule has 16 heavy (non-hydrogen) atoms. The molecule has 0 bridgehead atoms. The van der Waals surface area contributed by atoms with Crippen molar-refractivity contribution in [2.45, 2.75) is 23.5 Å². The second kappa shape index (κ2) is 4.17. The molecule has 1 aromatic carbocycles. The molecule has 0 aliphatic carbocycles. The van der Waals surface area contributed by atoms with Crippen LogP contribution in [0.2, 0.25) is 0 Å². The van der Waals surface area contributed by atoms with Crippen LogP contribution in [0.15, 0.2) is 23.1 Å². The van der Waals surface area contributed by atoms with Crippen LogP contribution in [0.5, 0.6) is 0 Å². The summed E-state index contributed by atoms with van der Waals surface area (Å²) in [5.74, 6) is -0.401. The third-order valence-corrected chi connectivity index (χ3v) is 3.77. The number of nitrogens with two attached hydrogens (primary N) is 1. The SMILES string of the molecule is Cc1cc(N)ccc1SC1CC(=O)NC1=O. The van der Waals surface area contributed by atoms with Crippen LogP contribution < -0.4 is 11.1 Å². The highest BCUT2D eigenvalue weighted by molar-refractivity contribution is 8.00. The molecule has 1 aliphatic rings. The summed E-state index contributed by atoms with van der Waals surface area (Å²) in [5.41, 5.74) is 7.37. The van der Waals surface area contributed by atoms with Crippen molar-refractivity contribution in [2.75, 3.05) is 5.73 Å². The normalized spacial score (nSPS) is 19.9. The zero-order valence-corrected chi connectivity index (χ0v) is 9.64. The lowest BCUT2D eigenvalue weighted by atomic mass is 10.2. The minimum atomic E-state index is -0.310. The number of anilines is 1. The predicted octanol–water partition coefficient (Wildman–Crippen LogP) is 1.08. The van der Waals surface area contributed by atoms with Gasteiger partial charge in [-0.3, -0.25) is 14.9 Å². The standard InChI is InChI=1S/C11H12N2O2S/c1-6-4-7(12)2-3-8(6)16-9-5-10(14)13-11(9)15/h2-4,9H,5,12H2,1H3,(H,13,14,15). The van der Waals surface area contributed by atoms with Crippen molar-refractivity contribution >= 4 is 29.3 Å². The molecule has 84 valence electrons. The lowest BCUT2D eigenvalue weighted by Gasteiger charge is -2.09. The van der Waals surface area contributed by atoms with Gasteiger partial charge in [-0.15, -0.1) is 11.8 Å². The first-order valence-corrected chi connectivity index (χ1v) is 5.80. The molecule has 0 saturated carbocycles. The number of benzene rings is 1. The quantitative estimate of drug-likeness (QED) is 0.595. The van der Waals surface area contributed by atoms with E-state index in [1.807, 2.05) is 19.1 Å². The van der Waals surface area contributed by atoms with Crippen molar-refractivity contribution in [3.8, 4) is 0 Å². The van der Waals surface area contributed by atoms with E-state index in [4.69, 9.17) is 5.73 Å². The summed E-state index contributed by atoms with van der Waals surface area (Å²) in [5, 5.41) is 1.98. The molecule has 0 aromatic heterocycles. The smallest absolute Gasteiger partial charge is 0.240 e. The zero-order valence-electron chi connectivity index (χ0n) is 8.82. The topological polar surface area (TPSA) is 72.2 Å². The van der Waals surface area contributed by atoms with Crippen molar-refractivity contribution in [3.63, 3.8) is 0 Å². The van der Waals surface area contributed by atoms with Gasteiger partial charge in [0.2, 0.25) is 11.8 Å². The first kappa shape index (κ1) is 11.0. The second-order valence-electron chi connectivity index (χ2n) is 3.75. The van der Waals surface area contributed by atoms with E-state index >= 15 is 0 Å². The summed E-state index contributed by atoms with van der Waals surface area (Å²) in [7, 11) is 0. The van der Waals surface area contributed by atoms with E-state index in [1.54, 1.807) is 6.07 Å². The van der Waals surface area contributed by atoms with Gasteiger partial charge in [0.1, 0.15) is 0 Å². The minimum Gasteiger partial charge on any atom is -0.399 e. The van der Waals surface area contributed by atoms with Gasteiger partial charge in [-0.2, -0.15) is 0 Å². The minimum absolute atomic E-state index is 0.199. The van der Waals surface area contributed by atoms with Crippen LogP contribution in [-0.2, 0) is 9.59 Å². The van der Waals surface area contributed by atoms with E-state index in [2.05, 4.69) is 5.32 Å². The Labute approximate surface area is 97.6 Å². The fourth-order valence-corrected chi connectivity index (χ4v) is 2.68. The Kier molecular flexibility index (Phi) is 2.87. The fraction of sp³-hybridized carbons (Fsp3) is 0.273. The maximum Gasteiger partial charge on any atom is 0.240 e. The summed E-state index contributed by atoms with van der Waals surface area (Å²) in [6.07, 6.45) is 0.257. The maximum atomic E-state index is 11.4. The number of rotatable bonds is 2. The number of imide groups is 1. The molecular weight excluding hydrogens is 224 g/mol. The van der Waals surface area contributed by atoms with Gasteiger partial charge in [-0.05, 0) is 30.7 Å². The number of thioether (sulfide) groups is 1. The number of carbonyl (C=O) groups excluding carboxylic acids is 2. The van der Waals surface area contributed by atoms with E-state index in [0.717, 1.165) is 10.5 Å². The van der Waals surface area contributed by atoms with Crippen molar-refractivity contribution in [1.29, 1.82) is 0 Å². The van der Waals surface area contributed by atoms with Crippen molar-refractivity contribution in [3.05, 3.63) is 23.8 Å². The summed E-state index contributed by atoms with van der Waals surface area (Å²) in [6, 6.07) is 5.53. The Morgan fingerprint density at radius 3 is 2.75 bits per heavy atom. The number of nitrogen functional groups attached to an aromatic ring is 1. The lowest BCUT2D eigenvalue weighted by Crippen LogP contribution is -2.23. The molecular formula is C11H12N2O2S. The molecule has 1 heterocycles. The molecule has 1 saturated heterocycles. The number of hydrogen-bond acceptors (Lipinski definition) is 4. The average Bonchev–Trinajstić information content (AvgIpc) is 2.50. The van der Waals surface area contributed by atoms with Crippen molar-refractivity contribution < 1.29 is 9.59 Å². The van der Waals surface area contributed by atoms with Crippen LogP contribution >= 0.6 is 11.8 Å². The zero-order chi connectivity index (χ0) is 11.7. The first-order valence-electron chi connectivity index (χ1n) is 4.93. The number of carbonyl (C=O) groups is 2. The summed E-state index contributed by atoms with van der Waals surface area (Å²) in [6.45, 7) is 1.94. The van der Waals surface area contributed by atoms with Gasteiger partial charge in [-0.1, -0.05) is 0 Å². The summed E-state index contributed by atoms with van der Waals surface area (Å²) in [4.78, 5) is 23.4. The highest BCUT2D eigenvalue weighted by Gasteiger charge is 2.31. The van der Waals surface area contributed by atoms with Gasteiger partial charge in [0.15, 0.2) is 0 Å². The van der Waals surface area contributed by atoms with E-state index in [1.165, 1.54) is 11.8 Å². The van der Waals surface area contributed by atoms with Crippen molar-refractivity contribution in [2.24, 2.45) is 0 Å². The Bertz CT molecular complexity index is 459. The predicted molar refractivity (Wildman–Crippen MR) is 63.0 cm³/mol. The van der Waals surface area contributed by atoms with Crippen LogP contribution in [0.3, 0.4) is 0 Å². The van der Waals surface area contributed by atoms with Crippen LogP contribution in [0.1, 0.15) is 12.0 Å². The Morgan fingerprint density at radius 2 is 2.19 bits per heavy atom. The molecule has 2 rings (SSSR count). The van der Waals surface area contributed by atoms with E-state index in [0.29, 0.717) is 5.69 Å². The van der Waals surface area contributed by atoms with Gasteiger partial charge < -0.3 is 5.73 Å². The highest BCUT2D eigenvalue weighted by Crippen LogP contribution is 2.31. The van der Waals surface area contributed by atoms with E-state index < -0.39 is 0 Å². The summed E-state index contributed by atoms with van der Waals surface area (Å²) < 4.78 is 0. The Balaban J connectivity index is 2.15. The van der Waals surface area contributed by atoms with Gasteiger partial charge >= 0.3 is 0 Å². The van der Waals surface area contributed by atoms with Gasteiger partial charge in [-0.25, -0.2) is 0 Å². The molecule has 1 aliphatic heterocycles. The van der Waals surface area contributed by atoms with Gasteiger partial charge in [0.05, 0.1) is 5.25 Å². The summed E-state index contributed by atoms with van der Waals surface area (Å²) >= 11 is 1.41. The molecule has 5 heteroatoms. The van der Waals surface area contributed by atoms with Crippen LogP contribution in [0.4, 0.5) is 5.69 Å². The molecule has 1 unspecified atom stereocenters. The third kappa shape index (κ3) is 2.19. The first-order chi connectivity index (χ1) is 7.56. The highest BCUT2D eigenvalue weighted by atomic mass is 32.2. The maximum absolute atomic E-state index is 11.4. The monoisotopic (exact) mass is 236 g/mol. The van der Waals surface area contributed by atoms with Crippen LogP contribution in [0, 0.1) is 6.92 Å². The lowest BCUT2D eigenvalue weighted by molar-refractivity contribution is -0.124. The second-order valence-corrected chi connectivity index (χ2v) is 4.99. The molecule has 2 amide bonds. The van der Waals surface area contributed by atoms with Crippen molar-refractivity contribution in [1.82, 2.24) is 5.32 Å². The van der Waals surface area contributed by atoms with Gasteiger partial charge in [0, 0.05) is 17.0 Å². The Morgan fingerprint density at radius 1 is 1.44 bits per heavy atom. The number of nitrogens with one attached hydrogen (secondary N) is 1. The molecule has 0 spiro atoms. The fourth-order valence-electron chi connectivity index (χ4n) is 1.58. The molecule has 1 aromatic rings. The molecule has 0 radical (unpaired) electrons. The molecule has 1 atom stereocenters. The number of aryl methyl sites for hydroxylation is 1. The molecule has 1 fully saturated rings. The van der Waals surface area contributed by atoms with Crippen LogP contribution in [0.25, 0.3) is 0 Å². The average molecular weight is 236 g/mol. The number of hydrogen-bond donors (Lipinski definition) is 2. The van der Waals surface area contributed by atoms with Gasteiger partial charge in [0.25, 0.3) is 0 Å². The van der Waals surface area contributed by atoms with E-state index in [-0.39, 0.29) is 23.5 Å². The number of amides is 2. The largest absolute Gasteiger partial charge is 0.399 e. The Hall–Kier alpha value is -1.49. The van der Waals surface area contributed by atoms with Crippen LogP contribution in [-0.4, -0.2) is 17.1 Å². The molecule has 3 N–H and O–H groups in total. The molecule has 4 nitrogen and oxygen atoms in total.